The minimum Gasteiger partial charge on any atom is -0.349 e. The highest BCUT2D eigenvalue weighted by Gasteiger charge is 2.26. The van der Waals surface area contributed by atoms with Gasteiger partial charge in [-0.3, -0.25) is 9.78 Å². The maximum atomic E-state index is 12.5. The number of hydrogen-bond donors (Lipinski definition) is 1. The van der Waals surface area contributed by atoms with Gasteiger partial charge in [0.15, 0.2) is 0 Å². The number of hydrogen-bond acceptors (Lipinski definition) is 2. The van der Waals surface area contributed by atoms with E-state index in [1.54, 1.807) is 6.20 Å². The third kappa shape index (κ3) is 2.35. The first-order valence-corrected chi connectivity index (χ1v) is 6.86. The molecule has 1 N–H and O–H groups in total. The fourth-order valence-electron chi connectivity index (χ4n) is 3.07. The number of likely N-dealkylation sites (tertiary alicyclic amines) is 1. The summed E-state index contributed by atoms with van der Waals surface area (Å²) in [5.74, 6) is 1.25. The summed E-state index contributed by atoms with van der Waals surface area (Å²) in [4.78, 5) is 21.9. The number of fused-ring (bicyclic) bond motifs is 1. The second-order valence-electron chi connectivity index (χ2n) is 5.78. The third-order valence-corrected chi connectivity index (χ3v) is 3.78. The maximum Gasteiger partial charge on any atom is 0.270 e. The van der Waals surface area contributed by atoms with E-state index in [4.69, 9.17) is 0 Å². The van der Waals surface area contributed by atoms with E-state index in [0.29, 0.717) is 17.5 Å². The molecule has 0 bridgehead atoms. The van der Waals surface area contributed by atoms with Crippen molar-refractivity contribution in [3.63, 3.8) is 0 Å². The molecular formula is C15H19N3O. The number of carbonyl (C=O) groups is 1. The van der Waals surface area contributed by atoms with Crippen LogP contribution in [0.15, 0.2) is 24.4 Å². The summed E-state index contributed by atoms with van der Waals surface area (Å²) in [6.45, 7) is 6.13. The highest BCUT2D eigenvalue weighted by Crippen LogP contribution is 2.23. The standard InChI is InChI=1S/C15H19N3O/c1-10-6-11(2)9-18(8-10)15(19)14-7-13-12(17-14)4-3-5-16-13/h3-5,7,10-11,17H,6,8-9H2,1-2H3. The van der Waals surface area contributed by atoms with Crippen LogP contribution in [-0.2, 0) is 0 Å². The summed E-state index contributed by atoms with van der Waals surface area (Å²) in [6.07, 6.45) is 2.95. The van der Waals surface area contributed by atoms with Gasteiger partial charge in [0.05, 0.1) is 11.0 Å². The molecule has 0 saturated carbocycles. The van der Waals surface area contributed by atoms with Gasteiger partial charge in [0.2, 0.25) is 0 Å². The zero-order valence-corrected chi connectivity index (χ0v) is 11.4. The Kier molecular flexibility index (Phi) is 3.01. The number of nitrogens with one attached hydrogen (secondary N) is 1. The molecule has 0 aliphatic carbocycles. The zero-order chi connectivity index (χ0) is 13.4. The van der Waals surface area contributed by atoms with Crippen molar-refractivity contribution in [2.24, 2.45) is 11.8 Å². The SMILES string of the molecule is CC1CC(C)CN(C(=O)c2cc3ncccc3[nH]2)C1. The fraction of sp³-hybridized carbons (Fsp3) is 0.467. The number of H-pyrrole nitrogens is 1. The smallest absolute Gasteiger partial charge is 0.270 e. The Labute approximate surface area is 112 Å². The van der Waals surface area contributed by atoms with Gasteiger partial charge in [0.1, 0.15) is 5.69 Å². The van der Waals surface area contributed by atoms with Crippen LogP contribution in [0, 0.1) is 11.8 Å². The van der Waals surface area contributed by atoms with E-state index in [0.717, 1.165) is 24.1 Å². The van der Waals surface area contributed by atoms with Crippen LogP contribution in [0.3, 0.4) is 0 Å². The van der Waals surface area contributed by atoms with Crippen LogP contribution in [-0.4, -0.2) is 33.9 Å². The summed E-state index contributed by atoms with van der Waals surface area (Å²) in [5, 5.41) is 0. The first-order chi connectivity index (χ1) is 9.13. The van der Waals surface area contributed by atoms with Gasteiger partial charge in [-0.2, -0.15) is 0 Å². The zero-order valence-electron chi connectivity index (χ0n) is 11.4. The van der Waals surface area contributed by atoms with Crippen molar-refractivity contribution in [1.82, 2.24) is 14.9 Å². The van der Waals surface area contributed by atoms with E-state index in [1.807, 2.05) is 23.1 Å². The Bertz CT molecular complexity index is 561. The average Bonchev–Trinajstić information content (AvgIpc) is 2.80. The third-order valence-electron chi connectivity index (χ3n) is 3.78. The predicted molar refractivity (Wildman–Crippen MR) is 74.9 cm³/mol. The molecule has 19 heavy (non-hydrogen) atoms. The van der Waals surface area contributed by atoms with Gasteiger partial charge in [-0.05, 0) is 36.5 Å². The van der Waals surface area contributed by atoms with Crippen molar-refractivity contribution in [2.45, 2.75) is 20.3 Å². The van der Waals surface area contributed by atoms with Gasteiger partial charge >= 0.3 is 0 Å². The van der Waals surface area contributed by atoms with E-state index < -0.39 is 0 Å². The number of aromatic amines is 1. The topological polar surface area (TPSA) is 49.0 Å². The molecule has 0 aromatic carbocycles. The van der Waals surface area contributed by atoms with Crippen molar-refractivity contribution >= 4 is 16.9 Å². The largest absolute Gasteiger partial charge is 0.349 e. The molecule has 1 aliphatic rings. The number of piperidine rings is 1. The van der Waals surface area contributed by atoms with Crippen LogP contribution in [0.1, 0.15) is 30.8 Å². The molecule has 3 rings (SSSR count). The van der Waals surface area contributed by atoms with Crippen LogP contribution in [0.25, 0.3) is 11.0 Å². The van der Waals surface area contributed by atoms with E-state index >= 15 is 0 Å². The lowest BCUT2D eigenvalue weighted by Gasteiger charge is -2.34. The van der Waals surface area contributed by atoms with E-state index in [1.165, 1.54) is 6.42 Å². The van der Waals surface area contributed by atoms with Gasteiger partial charge in [-0.25, -0.2) is 0 Å². The normalized spacial score (nSPS) is 23.8. The molecular weight excluding hydrogens is 238 g/mol. The second kappa shape index (κ2) is 4.68. The van der Waals surface area contributed by atoms with Crippen LogP contribution < -0.4 is 0 Å². The molecule has 2 aromatic heterocycles. The van der Waals surface area contributed by atoms with Crippen molar-refractivity contribution in [1.29, 1.82) is 0 Å². The molecule has 2 atom stereocenters. The number of aromatic nitrogens is 2. The van der Waals surface area contributed by atoms with Gasteiger partial charge in [0, 0.05) is 19.3 Å². The summed E-state index contributed by atoms with van der Waals surface area (Å²) in [7, 11) is 0. The lowest BCUT2D eigenvalue weighted by Crippen LogP contribution is -2.42. The minimum atomic E-state index is 0.0939. The molecule has 1 amide bonds. The van der Waals surface area contributed by atoms with Crippen molar-refractivity contribution in [3.8, 4) is 0 Å². The van der Waals surface area contributed by atoms with Crippen molar-refractivity contribution in [2.75, 3.05) is 13.1 Å². The van der Waals surface area contributed by atoms with E-state index in [-0.39, 0.29) is 5.91 Å². The Hall–Kier alpha value is -1.84. The van der Waals surface area contributed by atoms with Gasteiger partial charge in [-0.1, -0.05) is 13.8 Å². The molecule has 2 unspecified atom stereocenters. The Morgan fingerprint density at radius 2 is 2.11 bits per heavy atom. The summed E-state index contributed by atoms with van der Waals surface area (Å²) < 4.78 is 0. The minimum absolute atomic E-state index is 0.0939. The first kappa shape index (κ1) is 12.2. The summed E-state index contributed by atoms with van der Waals surface area (Å²) in [6, 6.07) is 5.67. The number of carbonyl (C=O) groups excluding carboxylic acids is 1. The number of pyridine rings is 1. The average molecular weight is 257 g/mol. The number of nitrogens with zero attached hydrogens (tertiary/aromatic N) is 2. The summed E-state index contributed by atoms with van der Waals surface area (Å²) >= 11 is 0. The van der Waals surface area contributed by atoms with Crippen LogP contribution in [0.5, 0.6) is 0 Å². The van der Waals surface area contributed by atoms with E-state index in [9.17, 15) is 4.79 Å². The molecule has 1 fully saturated rings. The Balaban J connectivity index is 1.86. The molecule has 100 valence electrons. The summed E-state index contributed by atoms with van der Waals surface area (Å²) in [5.41, 5.74) is 2.42. The highest BCUT2D eigenvalue weighted by molar-refractivity contribution is 5.97. The maximum absolute atomic E-state index is 12.5. The predicted octanol–water partition coefficient (Wildman–Crippen LogP) is 2.68. The molecule has 0 radical (unpaired) electrons. The molecule has 0 spiro atoms. The van der Waals surface area contributed by atoms with Crippen LogP contribution >= 0.6 is 0 Å². The molecule has 3 heterocycles. The number of amides is 1. The molecule has 4 heteroatoms. The Morgan fingerprint density at radius 1 is 1.37 bits per heavy atom. The molecule has 1 aliphatic heterocycles. The first-order valence-electron chi connectivity index (χ1n) is 6.86. The van der Waals surface area contributed by atoms with E-state index in [2.05, 4.69) is 23.8 Å². The lowest BCUT2D eigenvalue weighted by molar-refractivity contribution is 0.0618. The fourth-order valence-corrected chi connectivity index (χ4v) is 3.07. The van der Waals surface area contributed by atoms with Gasteiger partial charge < -0.3 is 9.88 Å². The Morgan fingerprint density at radius 3 is 2.79 bits per heavy atom. The molecule has 4 nitrogen and oxygen atoms in total. The quantitative estimate of drug-likeness (QED) is 0.854. The number of rotatable bonds is 1. The molecule has 1 saturated heterocycles. The lowest BCUT2D eigenvalue weighted by atomic mass is 9.92. The monoisotopic (exact) mass is 257 g/mol. The van der Waals surface area contributed by atoms with Crippen LogP contribution in [0.4, 0.5) is 0 Å². The highest BCUT2D eigenvalue weighted by atomic mass is 16.2. The van der Waals surface area contributed by atoms with Crippen LogP contribution in [0.2, 0.25) is 0 Å². The van der Waals surface area contributed by atoms with Gasteiger partial charge in [0.25, 0.3) is 5.91 Å². The molecule has 2 aromatic rings. The van der Waals surface area contributed by atoms with Crippen molar-refractivity contribution < 1.29 is 4.79 Å². The second-order valence-corrected chi connectivity index (χ2v) is 5.78. The van der Waals surface area contributed by atoms with Gasteiger partial charge in [-0.15, -0.1) is 0 Å². The van der Waals surface area contributed by atoms with Crippen molar-refractivity contribution in [3.05, 3.63) is 30.1 Å².